The lowest BCUT2D eigenvalue weighted by Crippen LogP contribution is -2.13. The van der Waals surface area contributed by atoms with Crippen LogP contribution in [0.25, 0.3) is 0 Å². The molecule has 0 bridgehead atoms. The van der Waals surface area contributed by atoms with Gasteiger partial charge in [0.1, 0.15) is 11.4 Å². The van der Waals surface area contributed by atoms with Gasteiger partial charge in [0.25, 0.3) is 0 Å². The summed E-state index contributed by atoms with van der Waals surface area (Å²) in [5.41, 5.74) is 9.42. The minimum absolute atomic E-state index is 0.669. The fourth-order valence-corrected chi connectivity index (χ4v) is 2.62. The molecule has 1 unspecified atom stereocenters. The quantitative estimate of drug-likeness (QED) is 0.658. The highest BCUT2D eigenvalue weighted by atomic mass is 32.2. The molecular formula is C14H16N2OS. The first-order valence-electron chi connectivity index (χ1n) is 5.67. The topological polar surface area (TPSA) is 61.1 Å². The van der Waals surface area contributed by atoms with Crippen molar-refractivity contribution in [1.29, 1.82) is 0 Å². The Hall–Kier alpha value is -1.65. The lowest BCUT2D eigenvalue weighted by Gasteiger charge is -2.12. The number of nitrogen functional groups attached to an aromatic ring is 1. The largest absolute Gasteiger partial charge is 0.588 e. The summed E-state index contributed by atoms with van der Waals surface area (Å²) in [5.74, 6) is 0. The van der Waals surface area contributed by atoms with Gasteiger partial charge in [0.2, 0.25) is 0 Å². The Morgan fingerprint density at radius 1 is 1.00 bits per heavy atom. The first kappa shape index (κ1) is 12.8. The molecule has 94 valence electrons. The van der Waals surface area contributed by atoms with E-state index in [9.17, 15) is 4.55 Å². The van der Waals surface area contributed by atoms with Gasteiger partial charge in [-0.25, -0.2) is 4.72 Å². The molecular weight excluding hydrogens is 244 g/mol. The molecule has 2 aromatic rings. The highest BCUT2D eigenvalue weighted by Crippen LogP contribution is 2.19. The van der Waals surface area contributed by atoms with Gasteiger partial charge in [0, 0.05) is 5.69 Å². The van der Waals surface area contributed by atoms with Crippen molar-refractivity contribution in [3.05, 3.63) is 53.6 Å². The molecule has 0 fully saturated rings. The second kappa shape index (κ2) is 5.33. The molecule has 3 N–H and O–H groups in total. The number of nitrogens with one attached hydrogen (secondary N) is 1. The third kappa shape index (κ3) is 3.18. The number of benzene rings is 2. The third-order valence-corrected chi connectivity index (χ3v) is 3.65. The van der Waals surface area contributed by atoms with E-state index in [4.69, 9.17) is 5.73 Å². The summed E-state index contributed by atoms with van der Waals surface area (Å²) >= 11 is -1.26. The number of nitrogens with two attached hydrogens (primary N) is 1. The summed E-state index contributed by atoms with van der Waals surface area (Å²) in [4.78, 5) is 0.711. The van der Waals surface area contributed by atoms with Crippen LogP contribution < -0.4 is 10.5 Å². The minimum atomic E-state index is -1.26. The summed E-state index contributed by atoms with van der Waals surface area (Å²) in [7, 11) is 0. The predicted molar refractivity (Wildman–Crippen MR) is 76.8 cm³/mol. The highest BCUT2D eigenvalue weighted by molar-refractivity contribution is 7.92. The lowest BCUT2D eigenvalue weighted by atomic mass is 10.1. The van der Waals surface area contributed by atoms with Crippen LogP contribution >= 0.6 is 0 Å². The molecule has 0 spiro atoms. The van der Waals surface area contributed by atoms with E-state index in [1.54, 1.807) is 24.3 Å². The molecule has 0 amide bonds. The maximum absolute atomic E-state index is 12.1. The van der Waals surface area contributed by atoms with Crippen molar-refractivity contribution in [1.82, 2.24) is 0 Å². The fourth-order valence-electron chi connectivity index (χ4n) is 1.79. The van der Waals surface area contributed by atoms with Gasteiger partial charge in [0.05, 0.1) is 5.69 Å². The van der Waals surface area contributed by atoms with E-state index in [1.807, 2.05) is 26.0 Å². The second-order valence-corrected chi connectivity index (χ2v) is 5.53. The molecule has 2 aromatic carbocycles. The molecule has 0 saturated carbocycles. The number of hydrogen-bond donors (Lipinski definition) is 2. The van der Waals surface area contributed by atoms with Crippen LogP contribution in [0.15, 0.2) is 47.4 Å². The fraction of sp³-hybridized carbons (Fsp3) is 0.143. The highest BCUT2D eigenvalue weighted by Gasteiger charge is 2.11. The minimum Gasteiger partial charge on any atom is -0.588 e. The molecule has 0 radical (unpaired) electrons. The molecule has 0 aliphatic rings. The number of anilines is 2. The SMILES string of the molecule is Cc1cc(C)cc(N[S+]([O-])c2ccc(N)cc2)c1. The number of hydrogen-bond acceptors (Lipinski definition) is 3. The van der Waals surface area contributed by atoms with Crippen LogP contribution in [0.2, 0.25) is 0 Å². The smallest absolute Gasteiger partial charge is 0.180 e. The Bertz CT molecular complexity index is 520. The predicted octanol–water partition coefficient (Wildman–Crippen LogP) is 3.02. The molecule has 0 saturated heterocycles. The Morgan fingerprint density at radius 3 is 2.11 bits per heavy atom. The van der Waals surface area contributed by atoms with Gasteiger partial charge in [-0.1, -0.05) is 6.07 Å². The first-order valence-corrected chi connectivity index (χ1v) is 6.82. The molecule has 2 rings (SSSR count). The Labute approximate surface area is 110 Å². The Balaban J connectivity index is 2.15. The average molecular weight is 260 g/mol. The Kier molecular flexibility index (Phi) is 3.79. The molecule has 1 atom stereocenters. The Morgan fingerprint density at radius 2 is 1.56 bits per heavy atom. The van der Waals surface area contributed by atoms with Crippen molar-refractivity contribution >= 4 is 22.7 Å². The van der Waals surface area contributed by atoms with Crippen LogP contribution in [-0.4, -0.2) is 4.55 Å². The van der Waals surface area contributed by atoms with Crippen LogP contribution in [0.1, 0.15) is 11.1 Å². The van der Waals surface area contributed by atoms with Gasteiger partial charge in [-0.2, -0.15) is 0 Å². The van der Waals surface area contributed by atoms with Gasteiger partial charge < -0.3 is 10.3 Å². The van der Waals surface area contributed by atoms with Gasteiger partial charge in [-0.05, 0) is 61.4 Å². The first-order chi connectivity index (χ1) is 8.54. The normalized spacial score (nSPS) is 12.2. The molecule has 0 aliphatic carbocycles. The second-order valence-electron chi connectivity index (χ2n) is 4.32. The molecule has 0 heterocycles. The van der Waals surface area contributed by atoms with Gasteiger partial charge in [-0.15, -0.1) is 0 Å². The van der Waals surface area contributed by atoms with E-state index < -0.39 is 11.4 Å². The van der Waals surface area contributed by atoms with Crippen LogP contribution in [0.4, 0.5) is 11.4 Å². The lowest BCUT2D eigenvalue weighted by molar-refractivity contribution is 0.600. The van der Waals surface area contributed by atoms with Crippen molar-refractivity contribution in [3.8, 4) is 0 Å². The van der Waals surface area contributed by atoms with E-state index in [-0.39, 0.29) is 0 Å². The maximum atomic E-state index is 12.1. The van der Waals surface area contributed by atoms with Gasteiger partial charge >= 0.3 is 0 Å². The summed E-state index contributed by atoms with van der Waals surface area (Å²) in [6.45, 7) is 4.04. The number of aryl methyl sites for hydroxylation is 2. The summed E-state index contributed by atoms with van der Waals surface area (Å²) in [6.07, 6.45) is 0. The van der Waals surface area contributed by atoms with Crippen LogP contribution in [-0.2, 0) is 11.4 Å². The zero-order valence-corrected chi connectivity index (χ0v) is 11.3. The van der Waals surface area contributed by atoms with Crippen molar-refractivity contribution < 1.29 is 4.55 Å². The van der Waals surface area contributed by atoms with Crippen LogP contribution in [0, 0.1) is 13.8 Å². The third-order valence-electron chi connectivity index (χ3n) is 2.53. The van der Waals surface area contributed by atoms with Crippen molar-refractivity contribution in [2.75, 3.05) is 10.5 Å². The molecule has 18 heavy (non-hydrogen) atoms. The van der Waals surface area contributed by atoms with Crippen molar-refractivity contribution in [2.45, 2.75) is 18.7 Å². The molecule has 0 aromatic heterocycles. The average Bonchev–Trinajstić information content (AvgIpc) is 2.28. The number of rotatable bonds is 3. The molecule has 0 aliphatic heterocycles. The maximum Gasteiger partial charge on any atom is 0.180 e. The van der Waals surface area contributed by atoms with Gasteiger partial charge in [-0.3, -0.25) is 0 Å². The van der Waals surface area contributed by atoms with Crippen molar-refractivity contribution in [2.24, 2.45) is 0 Å². The zero-order chi connectivity index (χ0) is 13.1. The molecule has 3 nitrogen and oxygen atoms in total. The van der Waals surface area contributed by atoms with E-state index in [1.165, 1.54) is 0 Å². The van der Waals surface area contributed by atoms with E-state index in [2.05, 4.69) is 10.8 Å². The van der Waals surface area contributed by atoms with E-state index >= 15 is 0 Å². The summed E-state index contributed by atoms with van der Waals surface area (Å²) in [5, 5.41) is 0. The van der Waals surface area contributed by atoms with E-state index in [0.29, 0.717) is 10.6 Å². The summed E-state index contributed by atoms with van der Waals surface area (Å²) in [6, 6.07) is 13.1. The van der Waals surface area contributed by atoms with Gasteiger partial charge in [0.15, 0.2) is 4.90 Å². The molecule has 4 heteroatoms. The van der Waals surface area contributed by atoms with E-state index in [0.717, 1.165) is 16.8 Å². The van der Waals surface area contributed by atoms with Crippen molar-refractivity contribution in [3.63, 3.8) is 0 Å². The summed E-state index contributed by atoms with van der Waals surface area (Å²) < 4.78 is 15.1. The monoisotopic (exact) mass is 260 g/mol. The van der Waals surface area contributed by atoms with Crippen LogP contribution in [0.3, 0.4) is 0 Å². The van der Waals surface area contributed by atoms with Crippen LogP contribution in [0.5, 0.6) is 0 Å². The zero-order valence-electron chi connectivity index (χ0n) is 10.4. The standard InChI is InChI=1S/C14H16N2OS/c1-10-7-11(2)9-13(8-10)16-18(17)14-5-3-12(15)4-6-14/h3-9,16H,15H2,1-2H3.